The van der Waals surface area contributed by atoms with Crippen LogP contribution in [0.4, 0.5) is 5.69 Å². The number of halogens is 2. The minimum absolute atomic E-state index is 0.0378. The topological polar surface area (TPSA) is 20.3 Å². The van der Waals surface area contributed by atoms with E-state index in [2.05, 4.69) is 38.5 Å². The molecule has 17 heavy (non-hydrogen) atoms. The summed E-state index contributed by atoms with van der Waals surface area (Å²) >= 11 is 5.71. The average Bonchev–Trinajstić information content (AvgIpc) is 2.25. The molecule has 0 saturated carbocycles. The Morgan fingerprint density at radius 3 is 2.53 bits per heavy atom. The predicted octanol–water partition coefficient (Wildman–Crippen LogP) is 4.29. The molecule has 0 radical (unpaired) electrons. The molecule has 0 saturated heterocycles. The second-order valence-electron chi connectivity index (χ2n) is 3.89. The number of hydrogen-bond acceptors (Lipinski definition) is 1. The minimum atomic E-state index is 0.0378. The van der Waals surface area contributed by atoms with Crippen LogP contribution >= 0.6 is 38.5 Å². The summed E-state index contributed by atoms with van der Waals surface area (Å²) < 4.78 is 2.10. The Morgan fingerprint density at radius 2 is 2.06 bits per heavy atom. The van der Waals surface area contributed by atoms with Crippen molar-refractivity contribution < 1.29 is 4.79 Å². The summed E-state index contributed by atoms with van der Waals surface area (Å²) in [7, 11) is 1.81. The molecule has 0 aliphatic heterocycles. The van der Waals surface area contributed by atoms with Crippen LogP contribution in [0, 0.1) is 10.5 Å². The maximum Gasteiger partial charge on any atom is 0.253 e. The highest BCUT2D eigenvalue weighted by atomic mass is 127. The largest absolute Gasteiger partial charge is 0.310 e. The smallest absolute Gasteiger partial charge is 0.253 e. The van der Waals surface area contributed by atoms with Gasteiger partial charge in [0.05, 0.1) is 5.69 Å². The Labute approximate surface area is 124 Å². The first-order valence-electron chi connectivity index (χ1n) is 5.25. The molecule has 1 amide bonds. The van der Waals surface area contributed by atoms with Crippen molar-refractivity contribution in [2.24, 2.45) is 0 Å². The predicted molar refractivity (Wildman–Crippen MR) is 84.4 cm³/mol. The molecular weight excluding hydrogens is 393 g/mol. The molecule has 0 aliphatic carbocycles. The summed E-state index contributed by atoms with van der Waals surface area (Å²) in [5.74, 6) is 0.0378. The zero-order valence-electron chi connectivity index (χ0n) is 10.3. The molecule has 2 nitrogen and oxygen atoms in total. The molecular formula is C13H15BrINO. The van der Waals surface area contributed by atoms with Crippen LogP contribution in [0.15, 0.2) is 28.3 Å². The van der Waals surface area contributed by atoms with E-state index in [0.29, 0.717) is 0 Å². The fourth-order valence-corrected chi connectivity index (χ4v) is 3.73. The first-order valence-corrected chi connectivity index (χ1v) is 7.12. The lowest BCUT2D eigenvalue weighted by molar-refractivity contribution is -0.114. The Kier molecular flexibility index (Phi) is 5.19. The highest BCUT2D eigenvalue weighted by Gasteiger charge is 2.17. The van der Waals surface area contributed by atoms with Gasteiger partial charge in [0.2, 0.25) is 0 Å². The van der Waals surface area contributed by atoms with Gasteiger partial charge in [-0.25, -0.2) is 0 Å². The van der Waals surface area contributed by atoms with E-state index in [1.807, 2.05) is 46.0 Å². The zero-order valence-corrected chi connectivity index (χ0v) is 14.1. The quantitative estimate of drug-likeness (QED) is 0.529. The van der Waals surface area contributed by atoms with Crippen LogP contribution in [0.5, 0.6) is 0 Å². The van der Waals surface area contributed by atoms with E-state index in [1.54, 1.807) is 4.90 Å². The number of hydrogen-bond donors (Lipinski definition) is 0. The Morgan fingerprint density at radius 1 is 1.47 bits per heavy atom. The SMILES string of the molecule is C/C=C(\C)C(=O)N(C)c1c(C)cc(Br)cc1I. The van der Waals surface area contributed by atoms with E-state index in [4.69, 9.17) is 0 Å². The lowest BCUT2D eigenvalue weighted by atomic mass is 10.1. The van der Waals surface area contributed by atoms with Gasteiger partial charge >= 0.3 is 0 Å². The fraction of sp³-hybridized carbons (Fsp3) is 0.308. The van der Waals surface area contributed by atoms with Crippen molar-refractivity contribution >= 4 is 50.1 Å². The summed E-state index contributed by atoms with van der Waals surface area (Å²) in [5, 5.41) is 0. The van der Waals surface area contributed by atoms with Gasteiger partial charge in [0.15, 0.2) is 0 Å². The lowest BCUT2D eigenvalue weighted by Gasteiger charge is -2.21. The molecule has 0 aliphatic rings. The summed E-state index contributed by atoms with van der Waals surface area (Å²) in [6.07, 6.45) is 1.83. The van der Waals surface area contributed by atoms with E-state index in [1.165, 1.54) is 0 Å². The highest BCUT2D eigenvalue weighted by Crippen LogP contribution is 2.30. The number of anilines is 1. The monoisotopic (exact) mass is 407 g/mol. The van der Waals surface area contributed by atoms with Gasteiger partial charge < -0.3 is 4.90 Å². The number of aryl methyl sites for hydroxylation is 1. The normalized spacial score (nSPS) is 11.5. The lowest BCUT2D eigenvalue weighted by Crippen LogP contribution is -2.28. The van der Waals surface area contributed by atoms with Gasteiger partial charge in [0, 0.05) is 20.7 Å². The van der Waals surface area contributed by atoms with E-state index >= 15 is 0 Å². The molecule has 0 atom stereocenters. The fourth-order valence-electron chi connectivity index (χ4n) is 1.61. The number of nitrogens with zero attached hydrogens (tertiary/aromatic N) is 1. The molecule has 0 heterocycles. The minimum Gasteiger partial charge on any atom is -0.310 e. The van der Waals surface area contributed by atoms with Crippen molar-refractivity contribution in [2.75, 3.05) is 11.9 Å². The molecule has 0 fully saturated rings. The zero-order chi connectivity index (χ0) is 13.2. The highest BCUT2D eigenvalue weighted by molar-refractivity contribution is 14.1. The molecule has 1 aromatic rings. The number of carbonyl (C=O) groups is 1. The van der Waals surface area contributed by atoms with E-state index in [-0.39, 0.29) is 5.91 Å². The standard InChI is InChI=1S/C13H15BrINO/c1-5-8(2)13(17)16(4)12-9(3)6-10(14)7-11(12)15/h5-7H,1-4H3/b8-5+. The summed E-state index contributed by atoms with van der Waals surface area (Å²) in [5.41, 5.74) is 2.81. The average molecular weight is 408 g/mol. The van der Waals surface area contributed by atoms with E-state index in [0.717, 1.165) is 24.9 Å². The van der Waals surface area contributed by atoms with Crippen LogP contribution in [-0.4, -0.2) is 13.0 Å². The number of benzene rings is 1. The molecule has 1 aromatic carbocycles. The van der Waals surface area contributed by atoms with Gasteiger partial charge in [-0.15, -0.1) is 0 Å². The summed E-state index contributed by atoms with van der Waals surface area (Å²) in [6, 6.07) is 4.03. The Balaban J connectivity index is 3.22. The van der Waals surface area contributed by atoms with Crippen molar-refractivity contribution in [1.82, 2.24) is 0 Å². The molecule has 0 N–H and O–H groups in total. The first-order chi connectivity index (χ1) is 7.88. The van der Waals surface area contributed by atoms with Gasteiger partial charge in [-0.2, -0.15) is 0 Å². The van der Waals surface area contributed by atoms with Crippen molar-refractivity contribution in [2.45, 2.75) is 20.8 Å². The van der Waals surface area contributed by atoms with Gasteiger partial charge in [-0.3, -0.25) is 4.79 Å². The molecule has 0 aromatic heterocycles. The van der Waals surface area contributed by atoms with Crippen molar-refractivity contribution in [3.8, 4) is 0 Å². The van der Waals surface area contributed by atoms with Gasteiger partial charge in [0.1, 0.15) is 0 Å². The van der Waals surface area contributed by atoms with Crippen LogP contribution < -0.4 is 4.90 Å². The third-order valence-electron chi connectivity index (χ3n) is 2.63. The number of rotatable bonds is 2. The number of likely N-dealkylation sites (N-methyl/N-ethyl adjacent to an activating group) is 1. The van der Waals surface area contributed by atoms with Crippen molar-refractivity contribution in [1.29, 1.82) is 0 Å². The summed E-state index contributed by atoms with van der Waals surface area (Å²) in [6.45, 7) is 5.72. The second-order valence-corrected chi connectivity index (χ2v) is 5.97. The third kappa shape index (κ3) is 3.31. The van der Waals surface area contributed by atoms with Crippen molar-refractivity contribution in [3.05, 3.63) is 37.4 Å². The van der Waals surface area contributed by atoms with Gasteiger partial charge in [-0.05, 0) is 61.1 Å². The Hall–Kier alpha value is -0.360. The molecule has 0 spiro atoms. The summed E-state index contributed by atoms with van der Waals surface area (Å²) in [4.78, 5) is 13.8. The van der Waals surface area contributed by atoms with Crippen LogP contribution in [0.3, 0.4) is 0 Å². The molecule has 1 rings (SSSR count). The molecule has 4 heteroatoms. The number of amides is 1. The van der Waals surface area contributed by atoms with Crippen molar-refractivity contribution in [3.63, 3.8) is 0 Å². The molecule has 0 unspecified atom stereocenters. The van der Waals surface area contributed by atoms with Crippen LogP contribution in [0.1, 0.15) is 19.4 Å². The van der Waals surface area contributed by atoms with E-state index in [9.17, 15) is 4.79 Å². The van der Waals surface area contributed by atoms with Crippen LogP contribution in [0.2, 0.25) is 0 Å². The Bertz CT molecular complexity index is 459. The van der Waals surface area contributed by atoms with Crippen LogP contribution in [-0.2, 0) is 4.79 Å². The maximum absolute atomic E-state index is 12.1. The third-order valence-corrected chi connectivity index (χ3v) is 3.91. The van der Waals surface area contributed by atoms with Gasteiger partial charge in [0.25, 0.3) is 5.91 Å². The second kappa shape index (κ2) is 6.00. The number of carbonyl (C=O) groups excluding carboxylic acids is 1. The number of allylic oxidation sites excluding steroid dienone is 1. The maximum atomic E-state index is 12.1. The van der Waals surface area contributed by atoms with E-state index < -0.39 is 0 Å². The molecule has 0 bridgehead atoms. The van der Waals surface area contributed by atoms with Gasteiger partial charge in [-0.1, -0.05) is 22.0 Å². The first kappa shape index (κ1) is 14.7. The molecule has 92 valence electrons. The van der Waals surface area contributed by atoms with Crippen LogP contribution in [0.25, 0.3) is 0 Å².